The summed E-state index contributed by atoms with van der Waals surface area (Å²) in [6, 6.07) is 17.1. The van der Waals surface area contributed by atoms with Crippen molar-refractivity contribution in [2.45, 2.75) is 0 Å². The van der Waals surface area contributed by atoms with Crippen molar-refractivity contribution in [1.29, 1.82) is 5.26 Å². The summed E-state index contributed by atoms with van der Waals surface area (Å²) < 4.78 is 13.0. The number of rotatable bonds is 6. The highest BCUT2D eigenvalue weighted by molar-refractivity contribution is 6.02. The van der Waals surface area contributed by atoms with E-state index >= 15 is 0 Å². The Kier molecular flexibility index (Phi) is 5.81. The molecule has 1 aliphatic heterocycles. The second-order valence-electron chi connectivity index (χ2n) is 6.74. The van der Waals surface area contributed by atoms with Crippen LogP contribution in [0.4, 0.5) is 0 Å². The topological polar surface area (TPSA) is 89.2 Å². The molecule has 1 N–H and O–H groups in total. The number of para-hydroxylation sites is 1. The Bertz CT molecular complexity index is 1190. The van der Waals surface area contributed by atoms with Crippen molar-refractivity contribution >= 4 is 12.0 Å². The first-order chi connectivity index (χ1) is 15.2. The molecule has 0 fully saturated rings. The molecule has 2 heterocycles. The number of benzene rings is 2. The van der Waals surface area contributed by atoms with Crippen LogP contribution in [0.3, 0.4) is 0 Å². The number of nitriles is 1. The highest BCUT2D eigenvalue weighted by Crippen LogP contribution is 2.35. The van der Waals surface area contributed by atoms with Gasteiger partial charge in [-0.3, -0.25) is 4.79 Å². The predicted molar refractivity (Wildman–Crippen MR) is 117 cm³/mol. The third kappa shape index (κ3) is 4.33. The van der Waals surface area contributed by atoms with Crippen molar-refractivity contribution in [2.75, 3.05) is 19.8 Å². The Morgan fingerprint density at radius 2 is 1.97 bits per heavy atom. The number of ether oxygens (including phenoxy) is 2. The summed E-state index contributed by atoms with van der Waals surface area (Å²) in [4.78, 5) is 12.3. The SMILES string of the molecule is C=CCNC(=O)C(C#N)=Cc1cn(-c2ccccc2)nc1-c1ccc2c(c1)OCCO2. The lowest BCUT2D eigenvalue weighted by molar-refractivity contribution is -0.116. The largest absolute Gasteiger partial charge is 0.486 e. The molecule has 1 aliphatic rings. The maximum atomic E-state index is 12.3. The molecule has 0 radical (unpaired) electrons. The van der Waals surface area contributed by atoms with Crippen LogP contribution in [0, 0.1) is 11.3 Å². The minimum Gasteiger partial charge on any atom is -0.486 e. The molecule has 1 amide bonds. The van der Waals surface area contributed by atoms with E-state index in [1.165, 1.54) is 6.08 Å². The van der Waals surface area contributed by atoms with Crippen molar-refractivity contribution in [1.82, 2.24) is 15.1 Å². The molecule has 31 heavy (non-hydrogen) atoms. The van der Waals surface area contributed by atoms with Gasteiger partial charge in [-0.25, -0.2) is 4.68 Å². The van der Waals surface area contributed by atoms with E-state index in [1.807, 2.05) is 54.6 Å². The maximum absolute atomic E-state index is 12.3. The zero-order valence-corrected chi connectivity index (χ0v) is 16.7. The van der Waals surface area contributed by atoms with Crippen LogP contribution < -0.4 is 14.8 Å². The van der Waals surface area contributed by atoms with Crippen LogP contribution in [0.25, 0.3) is 23.0 Å². The molecule has 2 aromatic carbocycles. The van der Waals surface area contributed by atoms with Gasteiger partial charge < -0.3 is 14.8 Å². The maximum Gasteiger partial charge on any atom is 0.262 e. The Hall–Kier alpha value is -4.31. The minimum absolute atomic E-state index is 0.0201. The van der Waals surface area contributed by atoms with E-state index in [0.717, 1.165) is 11.3 Å². The number of nitrogens with one attached hydrogen (secondary N) is 1. The van der Waals surface area contributed by atoms with Crippen LogP contribution in [0.5, 0.6) is 11.5 Å². The van der Waals surface area contributed by atoms with Crippen molar-refractivity contribution in [2.24, 2.45) is 0 Å². The molecule has 154 valence electrons. The highest BCUT2D eigenvalue weighted by Gasteiger charge is 2.18. The van der Waals surface area contributed by atoms with Gasteiger partial charge in [0.2, 0.25) is 0 Å². The van der Waals surface area contributed by atoms with Gasteiger partial charge >= 0.3 is 0 Å². The lowest BCUT2D eigenvalue weighted by Crippen LogP contribution is -2.24. The van der Waals surface area contributed by atoms with Gasteiger partial charge in [0.15, 0.2) is 11.5 Å². The molecule has 0 spiro atoms. The number of amides is 1. The third-order valence-corrected chi connectivity index (χ3v) is 4.65. The first kappa shape index (κ1) is 20.0. The molecule has 0 aliphatic carbocycles. The molecule has 1 aromatic heterocycles. The van der Waals surface area contributed by atoms with Crippen molar-refractivity contribution in [3.8, 4) is 34.5 Å². The summed E-state index contributed by atoms with van der Waals surface area (Å²) >= 11 is 0. The molecule has 0 saturated carbocycles. The number of hydrogen-bond acceptors (Lipinski definition) is 5. The smallest absolute Gasteiger partial charge is 0.262 e. The molecule has 3 aromatic rings. The van der Waals surface area contributed by atoms with Crippen LogP contribution in [0.1, 0.15) is 5.56 Å². The Labute approximate surface area is 179 Å². The molecular formula is C24H20N4O3. The van der Waals surface area contributed by atoms with Gasteiger partial charge in [0, 0.05) is 23.9 Å². The number of carbonyl (C=O) groups excluding carboxylic acids is 1. The average Bonchev–Trinajstić information content (AvgIpc) is 3.25. The quantitative estimate of drug-likeness (QED) is 0.380. The summed E-state index contributed by atoms with van der Waals surface area (Å²) in [6.07, 6.45) is 4.89. The van der Waals surface area contributed by atoms with Gasteiger partial charge in [-0.05, 0) is 36.4 Å². The normalized spacial score (nSPS) is 12.7. The molecular weight excluding hydrogens is 392 g/mol. The fourth-order valence-electron chi connectivity index (χ4n) is 3.19. The summed E-state index contributed by atoms with van der Waals surface area (Å²) in [7, 11) is 0. The minimum atomic E-state index is -0.469. The first-order valence-corrected chi connectivity index (χ1v) is 9.75. The number of aromatic nitrogens is 2. The van der Waals surface area contributed by atoms with Gasteiger partial charge in [0.1, 0.15) is 30.6 Å². The van der Waals surface area contributed by atoms with Crippen LogP contribution in [-0.2, 0) is 4.79 Å². The van der Waals surface area contributed by atoms with Gasteiger partial charge in [0.05, 0.1) is 5.69 Å². The zero-order chi connectivity index (χ0) is 21.6. The van der Waals surface area contributed by atoms with Crippen molar-refractivity contribution in [3.63, 3.8) is 0 Å². The lowest BCUT2D eigenvalue weighted by Gasteiger charge is -2.18. The van der Waals surface area contributed by atoms with Crippen molar-refractivity contribution < 1.29 is 14.3 Å². The molecule has 7 nitrogen and oxygen atoms in total. The lowest BCUT2D eigenvalue weighted by atomic mass is 10.0. The second-order valence-corrected chi connectivity index (χ2v) is 6.74. The first-order valence-electron chi connectivity index (χ1n) is 9.75. The van der Waals surface area contributed by atoms with E-state index in [0.29, 0.717) is 36.0 Å². The molecule has 0 saturated heterocycles. The van der Waals surface area contributed by atoms with Gasteiger partial charge in [-0.2, -0.15) is 10.4 Å². The van der Waals surface area contributed by atoms with E-state index in [1.54, 1.807) is 17.0 Å². The number of nitrogens with zero attached hydrogens (tertiary/aromatic N) is 3. The fourth-order valence-corrected chi connectivity index (χ4v) is 3.19. The number of fused-ring (bicyclic) bond motifs is 1. The highest BCUT2D eigenvalue weighted by atomic mass is 16.6. The van der Waals surface area contributed by atoms with Crippen LogP contribution >= 0.6 is 0 Å². The van der Waals surface area contributed by atoms with Crippen LogP contribution in [0.15, 0.2) is 73.0 Å². The monoisotopic (exact) mass is 412 g/mol. The summed E-state index contributed by atoms with van der Waals surface area (Å²) in [5.74, 6) is 0.844. The van der Waals surface area contributed by atoms with Gasteiger partial charge in [0.25, 0.3) is 5.91 Å². The second kappa shape index (κ2) is 9.01. The van der Waals surface area contributed by atoms with E-state index in [2.05, 4.69) is 11.9 Å². The standard InChI is InChI=1S/C24H20N4O3/c1-2-10-26-24(29)18(15-25)13-19-16-28(20-6-4-3-5-7-20)27-23(19)17-8-9-21-22(14-17)31-12-11-30-21/h2-9,13-14,16H,1,10-12H2,(H,26,29). The van der Waals surface area contributed by atoms with Crippen LogP contribution in [0.2, 0.25) is 0 Å². The van der Waals surface area contributed by atoms with E-state index in [4.69, 9.17) is 14.6 Å². The summed E-state index contributed by atoms with van der Waals surface area (Å²) in [6.45, 7) is 4.83. The molecule has 4 rings (SSSR count). The molecule has 7 heteroatoms. The Morgan fingerprint density at radius 1 is 1.19 bits per heavy atom. The zero-order valence-electron chi connectivity index (χ0n) is 16.7. The molecule has 0 unspecified atom stereocenters. The fraction of sp³-hybridized carbons (Fsp3) is 0.125. The summed E-state index contributed by atoms with van der Waals surface area (Å²) in [5.41, 5.74) is 2.87. The third-order valence-electron chi connectivity index (χ3n) is 4.65. The Morgan fingerprint density at radius 3 is 2.71 bits per heavy atom. The van der Waals surface area contributed by atoms with E-state index in [9.17, 15) is 10.1 Å². The average molecular weight is 412 g/mol. The summed E-state index contributed by atoms with van der Waals surface area (Å²) in [5, 5.41) is 16.9. The van der Waals surface area contributed by atoms with Gasteiger partial charge in [-0.15, -0.1) is 6.58 Å². The molecule has 0 atom stereocenters. The molecule has 0 bridgehead atoms. The van der Waals surface area contributed by atoms with E-state index < -0.39 is 5.91 Å². The number of carbonyl (C=O) groups is 1. The van der Waals surface area contributed by atoms with Crippen LogP contribution in [-0.4, -0.2) is 35.4 Å². The van der Waals surface area contributed by atoms with E-state index in [-0.39, 0.29) is 12.1 Å². The predicted octanol–water partition coefficient (Wildman–Crippen LogP) is 3.52. The van der Waals surface area contributed by atoms with Crippen molar-refractivity contribution in [3.05, 3.63) is 78.5 Å². The van der Waals surface area contributed by atoms with Gasteiger partial charge in [-0.1, -0.05) is 24.3 Å². The number of hydrogen-bond donors (Lipinski definition) is 1. The Balaban J connectivity index is 1.81.